The zero-order valence-corrected chi connectivity index (χ0v) is 15.1. The van der Waals surface area contributed by atoms with E-state index in [-0.39, 0.29) is 11.0 Å². The fourth-order valence-electron chi connectivity index (χ4n) is 2.46. The van der Waals surface area contributed by atoms with E-state index in [0.29, 0.717) is 17.2 Å². The summed E-state index contributed by atoms with van der Waals surface area (Å²) < 4.78 is 10.6. The number of carbonyl (C=O) groups is 1. The summed E-state index contributed by atoms with van der Waals surface area (Å²) in [6.45, 7) is 0. The molecule has 3 rings (SSSR count). The molecule has 1 fully saturated rings. The van der Waals surface area contributed by atoms with Gasteiger partial charge in [-0.2, -0.15) is 10.1 Å². The van der Waals surface area contributed by atoms with E-state index in [9.17, 15) is 4.79 Å². The lowest BCUT2D eigenvalue weighted by Crippen LogP contribution is -2.25. The molecule has 0 bridgehead atoms. The van der Waals surface area contributed by atoms with Gasteiger partial charge in [-0.25, -0.2) is 0 Å². The maximum atomic E-state index is 12.6. The van der Waals surface area contributed by atoms with Gasteiger partial charge in [0.15, 0.2) is 0 Å². The van der Waals surface area contributed by atoms with Crippen LogP contribution in [-0.2, 0) is 4.79 Å². The van der Waals surface area contributed by atoms with E-state index in [4.69, 9.17) is 21.7 Å². The van der Waals surface area contributed by atoms with Crippen molar-refractivity contribution >= 4 is 35.5 Å². The van der Waals surface area contributed by atoms with Gasteiger partial charge >= 0.3 is 0 Å². The molecule has 0 aromatic heterocycles. The van der Waals surface area contributed by atoms with Crippen LogP contribution in [-0.4, -0.2) is 36.5 Å². The topological polar surface area (TPSA) is 63.2 Å². The van der Waals surface area contributed by atoms with Gasteiger partial charge in [0.2, 0.25) is 5.11 Å². The van der Waals surface area contributed by atoms with Gasteiger partial charge in [-0.3, -0.25) is 4.79 Å². The number of benzene rings is 2. The van der Waals surface area contributed by atoms with Gasteiger partial charge in [0.1, 0.15) is 17.2 Å². The molecule has 0 saturated carbocycles. The molecule has 1 aliphatic rings. The molecule has 2 aromatic rings. The highest BCUT2D eigenvalue weighted by atomic mass is 32.1. The Morgan fingerprint density at radius 2 is 1.58 bits per heavy atom. The second kappa shape index (κ2) is 7.79. The fraction of sp³-hybridized carbons (Fsp3) is 0.105. The maximum Gasteiger partial charge on any atom is 0.297 e. The third-order valence-corrected chi connectivity index (χ3v) is 4.02. The highest BCUT2D eigenvalue weighted by Gasteiger charge is 2.30. The van der Waals surface area contributed by atoms with E-state index in [1.807, 2.05) is 48.5 Å². The lowest BCUT2D eigenvalue weighted by Gasteiger charge is -2.07. The first-order valence-electron chi connectivity index (χ1n) is 7.81. The zero-order valence-electron chi connectivity index (χ0n) is 14.3. The smallest absolute Gasteiger partial charge is 0.297 e. The second-order valence-corrected chi connectivity index (χ2v) is 5.72. The Morgan fingerprint density at radius 1 is 1.00 bits per heavy atom. The number of hydrogen-bond donors (Lipinski definition) is 1. The Morgan fingerprint density at radius 3 is 2.23 bits per heavy atom. The lowest BCUT2D eigenvalue weighted by atomic mass is 10.1. The van der Waals surface area contributed by atoms with Crippen molar-refractivity contribution < 1.29 is 14.3 Å². The first-order valence-corrected chi connectivity index (χ1v) is 8.22. The Bertz CT molecular complexity index is 908. The summed E-state index contributed by atoms with van der Waals surface area (Å²) in [5, 5.41) is 8.44. The van der Waals surface area contributed by atoms with Crippen molar-refractivity contribution in [1.29, 1.82) is 0 Å². The first-order chi connectivity index (χ1) is 12.6. The molecule has 0 atom stereocenters. The van der Waals surface area contributed by atoms with Crippen molar-refractivity contribution in [1.82, 2.24) is 10.3 Å². The summed E-state index contributed by atoms with van der Waals surface area (Å²) in [6.07, 6.45) is 3.23. The molecule has 1 heterocycles. The molecular formula is C19H17N3O3S. The van der Waals surface area contributed by atoms with Gasteiger partial charge in [0, 0.05) is 11.1 Å². The Hall–Kier alpha value is -3.19. The van der Waals surface area contributed by atoms with Crippen LogP contribution in [0.15, 0.2) is 59.3 Å². The number of thiocarbonyl (C=S) groups is 1. The molecule has 0 aliphatic carbocycles. The van der Waals surface area contributed by atoms with Gasteiger partial charge in [-0.15, -0.1) is 0 Å². The molecular weight excluding hydrogens is 350 g/mol. The predicted octanol–water partition coefficient (Wildman–Crippen LogP) is 2.80. The van der Waals surface area contributed by atoms with Gasteiger partial charge in [-0.05, 0) is 36.5 Å². The Kier molecular flexibility index (Phi) is 5.28. The monoisotopic (exact) mass is 367 g/mol. The van der Waals surface area contributed by atoms with E-state index in [0.717, 1.165) is 16.1 Å². The van der Waals surface area contributed by atoms with Crippen molar-refractivity contribution in [3.8, 4) is 11.5 Å². The molecule has 1 saturated heterocycles. The average Bonchev–Trinajstić information content (AvgIpc) is 2.93. The van der Waals surface area contributed by atoms with Crippen molar-refractivity contribution in [2.75, 3.05) is 14.2 Å². The Labute approximate surface area is 156 Å². The third-order valence-electron chi connectivity index (χ3n) is 3.75. The number of hydrogen-bond acceptors (Lipinski definition) is 5. The van der Waals surface area contributed by atoms with E-state index in [1.54, 1.807) is 20.3 Å². The number of amides is 1. The van der Waals surface area contributed by atoms with Crippen molar-refractivity contribution in [3.63, 3.8) is 0 Å². The molecule has 0 unspecified atom stereocenters. The minimum absolute atomic E-state index is 0.210. The average molecular weight is 367 g/mol. The summed E-state index contributed by atoms with van der Waals surface area (Å²) in [7, 11) is 3.16. The lowest BCUT2D eigenvalue weighted by molar-refractivity contribution is -0.122. The number of nitrogens with one attached hydrogen (secondary N) is 1. The molecule has 1 N–H and O–H groups in total. The third kappa shape index (κ3) is 3.57. The number of rotatable bonds is 5. The molecule has 0 radical (unpaired) electrons. The normalized spacial score (nSPS) is 15.6. The number of carbonyl (C=O) groups excluding carboxylic acids is 1. The van der Waals surface area contributed by atoms with Crippen LogP contribution in [0.3, 0.4) is 0 Å². The number of para-hydroxylation sites is 2. The van der Waals surface area contributed by atoms with Crippen LogP contribution in [0.5, 0.6) is 11.5 Å². The number of hydrazone groups is 1. The molecule has 26 heavy (non-hydrogen) atoms. The largest absolute Gasteiger partial charge is 0.496 e. The molecule has 0 spiro atoms. The van der Waals surface area contributed by atoms with Crippen LogP contribution < -0.4 is 14.8 Å². The SMILES string of the molecule is COc1ccccc1/C=C1\NC(=S)N(/N=C/c2ccccc2OC)C1=O. The van der Waals surface area contributed by atoms with Crippen LogP contribution in [0.25, 0.3) is 6.08 Å². The standard InChI is InChI=1S/C19H17N3O3S/c1-24-16-9-5-3-7-13(16)11-15-18(23)22(19(26)21-15)20-12-14-8-4-6-10-17(14)25-2/h3-12H,1-2H3,(H,21,26)/b15-11-,20-12+. The van der Waals surface area contributed by atoms with Crippen molar-refractivity contribution in [2.45, 2.75) is 0 Å². The molecule has 1 amide bonds. The van der Waals surface area contributed by atoms with Gasteiger partial charge in [-0.1, -0.05) is 30.3 Å². The molecule has 7 heteroatoms. The van der Waals surface area contributed by atoms with Crippen LogP contribution in [0.2, 0.25) is 0 Å². The fourth-order valence-corrected chi connectivity index (χ4v) is 2.70. The summed E-state index contributed by atoms with van der Waals surface area (Å²) in [6, 6.07) is 14.8. The summed E-state index contributed by atoms with van der Waals surface area (Å²) >= 11 is 5.23. The van der Waals surface area contributed by atoms with Crippen LogP contribution in [0, 0.1) is 0 Å². The Balaban J connectivity index is 1.85. The second-order valence-electron chi connectivity index (χ2n) is 5.33. The van der Waals surface area contributed by atoms with Gasteiger partial charge in [0.25, 0.3) is 5.91 Å². The van der Waals surface area contributed by atoms with Crippen LogP contribution >= 0.6 is 12.2 Å². The first kappa shape index (κ1) is 17.6. The summed E-state index contributed by atoms with van der Waals surface area (Å²) in [5.41, 5.74) is 1.84. The molecule has 132 valence electrons. The predicted molar refractivity (Wildman–Crippen MR) is 104 cm³/mol. The number of nitrogens with zero attached hydrogens (tertiary/aromatic N) is 2. The quantitative estimate of drug-likeness (QED) is 0.500. The summed E-state index contributed by atoms with van der Waals surface area (Å²) in [5.74, 6) is 0.982. The minimum Gasteiger partial charge on any atom is -0.496 e. The summed E-state index contributed by atoms with van der Waals surface area (Å²) in [4.78, 5) is 12.6. The van der Waals surface area contributed by atoms with E-state index < -0.39 is 0 Å². The molecule has 2 aromatic carbocycles. The maximum absolute atomic E-state index is 12.6. The van der Waals surface area contributed by atoms with Crippen molar-refractivity contribution in [3.05, 3.63) is 65.4 Å². The minimum atomic E-state index is -0.341. The van der Waals surface area contributed by atoms with Gasteiger partial charge in [0.05, 0.1) is 20.4 Å². The highest BCUT2D eigenvalue weighted by molar-refractivity contribution is 7.80. The number of methoxy groups -OCH3 is 2. The van der Waals surface area contributed by atoms with Crippen LogP contribution in [0.1, 0.15) is 11.1 Å². The van der Waals surface area contributed by atoms with Crippen molar-refractivity contribution in [2.24, 2.45) is 5.10 Å². The van der Waals surface area contributed by atoms with E-state index in [1.165, 1.54) is 6.21 Å². The molecule has 1 aliphatic heterocycles. The van der Waals surface area contributed by atoms with E-state index in [2.05, 4.69) is 10.4 Å². The van der Waals surface area contributed by atoms with Gasteiger partial charge < -0.3 is 14.8 Å². The van der Waals surface area contributed by atoms with Crippen LogP contribution in [0.4, 0.5) is 0 Å². The zero-order chi connectivity index (χ0) is 18.5. The highest BCUT2D eigenvalue weighted by Crippen LogP contribution is 2.22. The number of ether oxygens (including phenoxy) is 2. The van der Waals surface area contributed by atoms with E-state index >= 15 is 0 Å². The molecule has 6 nitrogen and oxygen atoms in total.